The van der Waals surface area contributed by atoms with Crippen molar-refractivity contribution in [2.45, 2.75) is 147 Å². The standard InChI is InChI=1S/C23H48O4S.Na/c1-3-5-7-9-10-11-14-18-22(24)19-15-12-13-17-21-23(28(25,26)27)20-16-8-6-4-2;/h22-24H,3-21H2,1-2H3,(H,25,26,27);/q;+1/p-1. The number of hydrogen-bond donors (Lipinski definition) is 1. The van der Waals surface area contributed by atoms with E-state index >= 15 is 0 Å². The Morgan fingerprint density at radius 1 is 0.621 bits per heavy atom. The molecule has 0 bridgehead atoms. The molecule has 4 nitrogen and oxygen atoms in total. The van der Waals surface area contributed by atoms with E-state index in [1.54, 1.807) is 0 Å². The molecular weight excluding hydrogens is 395 g/mol. The largest absolute Gasteiger partial charge is 1.00 e. The molecule has 6 heteroatoms. The number of aliphatic hydroxyl groups is 1. The SMILES string of the molecule is CCCCCCCCCC(O)CCCCCCC(CCCCCC)S(=O)(=O)[O-].[Na+]. The third kappa shape index (κ3) is 21.9. The van der Waals surface area contributed by atoms with Crippen LogP contribution in [0, 0.1) is 0 Å². The van der Waals surface area contributed by atoms with Gasteiger partial charge in [0.2, 0.25) is 0 Å². The van der Waals surface area contributed by atoms with Crippen LogP contribution in [0.5, 0.6) is 0 Å². The molecule has 0 saturated heterocycles. The maximum absolute atomic E-state index is 11.4. The van der Waals surface area contributed by atoms with Crippen LogP contribution in [0.25, 0.3) is 0 Å². The van der Waals surface area contributed by atoms with E-state index in [1.807, 2.05) is 0 Å². The molecule has 0 heterocycles. The summed E-state index contributed by atoms with van der Waals surface area (Å²) in [5.41, 5.74) is 0. The molecule has 2 unspecified atom stereocenters. The molecule has 0 spiro atoms. The first-order valence-corrected chi connectivity index (χ1v) is 13.5. The summed E-state index contributed by atoms with van der Waals surface area (Å²) in [5, 5.41) is 9.36. The summed E-state index contributed by atoms with van der Waals surface area (Å²) >= 11 is 0. The Bertz CT molecular complexity index is 429. The molecule has 29 heavy (non-hydrogen) atoms. The fourth-order valence-electron chi connectivity index (χ4n) is 3.82. The average Bonchev–Trinajstić information content (AvgIpc) is 2.64. The molecule has 0 aromatic rings. The number of hydrogen-bond acceptors (Lipinski definition) is 4. The van der Waals surface area contributed by atoms with Gasteiger partial charge in [0, 0.05) is 5.25 Å². The maximum Gasteiger partial charge on any atom is 1.00 e. The topological polar surface area (TPSA) is 77.4 Å². The summed E-state index contributed by atoms with van der Waals surface area (Å²) in [6, 6.07) is 0. The van der Waals surface area contributed by atoms with Gasteiger partial charge in [-0.2, -0.15) is 0 Å². The fourth-order valence-corrected chi connectivity index (χ4v) is 4.73. The van der Waals surface area contributed by atoms with E-state index in [9.17, 15) is 18.1 Å². The predicted molar refractivity (Wildman–Crippen MR) is 119 cm³/mol. The number of unbranched alkanes of at least 4 members (excludes halogenated alkanes) is 12. The van der Waals surface area contributed by atoms with Crippen LogP contribution >= 0.6 is 0 Å². The summed E-state index contributed by atoms with van der Waals surface area (Å²) in [6.07, 6.45) is 19.3. The van der Waals surface area contributed by atoms with Crippen LogP contribution in [-0.2, 0) is 10.1 Å². The third-order valence-corrected chi connectivity index (χ3v) is 7.03. The summed E-state index contributed by atoms with van der Waals surface area (Å²) < 4.78 is 34.2. The molecule has 0 amide bonds. The molecule has 0 aliphatic carbocycles. The van der Waals surface area contributed by atoms with E-state index in [0.717, 1.165) is 70.6 Å². The van der Waals surface area contributed by atoms with Gasteiger partial charge in [-0.05, 0) is 25.7 Å². The minimum absolute atomic E-state index is 0. The molecule has 0 aliphatic rings. The van der Waals surface area contributed by atoms with Crippen LogP contribution in [0.3, 0.4) is 0 Å². The van der Waals surface area contributed by atoms with E-state index in [0.29, 0.717) is 12.8 Å². The Labute approximate surface area is 204 Å². The predicted octanol–water partition coefficient (Wildman–Crippen LogP) is 3.72. The van der Waals surface area contributed by atoms with Crippen molar-refractivity contribution >= 4 is 10.1 Å². The quantitative estimate of drug-likeness (QED) is 0.167. The molecule has 0 radical (unpaired) electrons. The molecule has 0 fully saturated rings. The van der Waals surface area contributed by atoms with Gasteiger partial charge in [0.25, 0.3) is 0 Å². The van der Waals surface area contributed by atoms with Crippen LogP contribution in [0.2, 0.25) is 0 Å². The number of rotatable bonds is 21. The van der Waals surface area contributed by atoms with Crippen LogP contribution in [0.4, 0.5) is 0 Å². The van der Waals surface area contributed by atoms with Crippen molar-refractivity contribution in [1.29, 1.82) is 0 Å². The second-order valence-electron chi connectivity index (χ2n) is 8.52. The molecule has 1 N–H and O–H groups in total. The Balaban J connectivity index is 0. The molecule has 0 aromatic carbocycles. The number of aliphatic hydroxyl groups excluding tert-OH is 1. The molecule has 2 atom stereocenters. The first-order chi connectivity index (χ1) is 13.4. The summed E-state index contributed by atoms with van der Waals surface area (Å²) in [4.78, 5) is 0. The first-order valence-electron chi connectivity index (χ1n) is 12.0. The molecule has 170 valence electrons. The van der Waals surface area contributed by atoms with E-state index in [-0.39, 0.29) is 35.7 Å². The second kappa shape index (κ2) is 22.1. The van der Waals surface area contributed by atoms with Gasteiger partial charge in [-0.15, -0.1) is 0 Å². The van der Waals surface area contributed by atoms with Crippen molar-refractivity contribution in [3.05, 3.63) is 0 Å². The first kappa shape index (κ1) is 32.1. The van der Waals surface area contributed by atoms with Crippen LogP contribution in [0.1, 0.15) is 136 Å². The van der Waals surface area contributed by atoms with Gasteiger partial charge in [0.05, 0.1) is 16.2 Å². The average molecular weight is 443 g/mol. The Kier molecular flexibility index (Phi) is 24.4. The second-order valence-corrected chi connectivity index (χ2v) is 10.2. The van der Waals surface area contributed by atoms with Crippen LogP contribution in [-0.4, -0.2) is 29.4 Å². The molecular formula is C23H47NaO4S. The van der Waals surface area contributed by atoms with Gasteiger partial charge in [0.15, 0.2) is 0 Å². The van der Waals surface area contributed by atoms with E-state index in [2.05, 4.69) is 13.8 Å². The zero-order chi connectivity index (χ0) is 21.1. The molecule has 0 aliphatic heterocycles. The van der Waals surface area contributed by atoms with Gasteiger partial charge < -0.3 is 9.66 Å². The van der Waals surface area contributed by atoms with Gasteiger partial charge in [-0.1, -0.05) is 110 Å². The van der Waals surface area contributed by atoms with Crippen LogP contribution in [0.15, 0.2) is 0 Å². The Morgan fingerprint density at radius 2 is 0.931 bits per heavy atom. The van der Waals surface area contributed by atoms with E-state index in [1.165, 1.54) is 38.5 Å². The van der Waals surface area contributed by atoms with Gasteiger partial charge >= 0.3 is 29.6 Å². The summed E-state index contributed by atoms with van der Waals surface area (Å²) in [6.45, 7) is 4.35. The van der Waals surface area contributed by atoms with E-state index < -0.39 is 15.4 Å². The van der Waals surface area contributed by atoms with Crippen molar-refractivity contribution in [3.63, 3.8) is 0 Å². The Morgan fingerprint density at radius 3 is 1.31 bits per heavy atom. The minimum atomic E-state index is -4.17. The van der Waals surface area contributed by atoms with Gasteiger partial charge in [-0.25, -0.2) is 8.42 Å². The summed E-state index contributed by atoms with van der Waals surface area (Å²) in [7, 11) is -4.17. The minimum Gasteiger partial charge on any atom is -0.748 e. The fraction of sp³-hybridized carbons (Fsp3) is 1.00. The molecule has 0 aromatic heterocycles. The maximum atomic E-state index is 11.4. The normalized spacial score (nSPS) is 13.8. The smallest absolute Gasteiger partial charge is 0.748 e. The third-order valence-electron chi connectivity index (χ3n) is 5.74. The van der Waals surface area contributed by atoms with Crippen molar-refractivity contribution in [3.8, 4) is 0 Å². The Hall–Kier alpha value is 0.870. The van der Waals surface area contributed by atoms with Crippen molar-refractivity contribution in [2.75, 3.05) is 0 Å². The zero-order valence-electron chi connectivity index (χ0n) is 19.7. The van der Waals surface area contributed by atoms with Crippen LogP contribution < -0.4 is 29.6 Å². The van der Waals surface area contributed by atoms with Gasteiger partial charge in [-0.3, -0.25) is 0 Å². The summed E-state index contributed by atoms with van der Waals surface area (Å²) in [5.74, 6) is 0. The van der Waals surface area contributed by atoms with E-state index in [4.69, 9.17) is 0 Å². The zero-order valence-corrected chi connectivity index (χ0v) is 22.5. The van der Waals surface area contributed by atoms with Crippen molar-refractivity contribution in [1.82, 2.24) is 0 Å². The molecule has 0 saturated carbocycles. The van der Waals surface area contributed by atoms with Gasteiger partial charge in [0.1, 0.15) is 0 Å². The monoisotopic (exact) mass is 442 g/mol. The van der Waals surface area contributed by atoms with Crippen molar-refractivity contribution < 1.29 is 47.6 Å². The molecule has 0 rings (SSSR count). The van der Waals surface area contributed by atoms with Crippen molar-refractivity contribution in [2.24, 2.45) is 0 Å².